The minimum absolute atomic E-state index is 0.728. The smallest absolute Gasteiger partial charge is 0.173 e. The number of halogens is 1. The monoisotopic (exact) mass is 544 g/mol. The topological polar surface area (TPSA) is 23.4 Å². The molecule has 0 amide bonds. The van der Waals surface area contributed by atoms with Crippen molar-refractivity contribution in [1.82, 2.24) is 9.47 Å². The van der Waals surface area contributed by atoms with Crippen molar-refractivity contribution in [2.24, 2.45) is 0 Å². The van der Waals surface area contributed by atoms with Gasteiger partial charge in [-0.15, -0.1) is 0 Å². The van der Waals surface area contributed by atoms with Gasteiger partial charge in [0.2, 0.25) is 0 Å². The lowest BCUT2D eigenvalue weighted by Crippen LogP contribution is -2.37. The highest BCUT2D eigenvalue weighted by atomic mass is 35.5. The predicted molar refractivity (Wildman–Crippen MR) is 167 cm³/mol. The summed E-state index contributed by atoms with van der Waals surface area (Å²) in [5.74, 6) is 0. The fourth-order valence-corrected chi connectivity index (χ4v) is 5.24. The Labute approximate surface area is 237 Å². The summed E-state index contributed by atoms with van der Waals surface area (Å²) in [5, 5.41) is 5.09. The van der Waals surface area contributed by atoms with Crippen LogP contribution in [0.4, 0.5) is 11.4 Å². The molecule has 198 valence electrons. The minimum Gasteiger partial charge on any atom is -0.375 e. The summed E-state index contributed by atoms with van der Waals surface area (Å²) in [7, 11) is 2.15. The molecule has 6 heteroatoms. The zero-order chi connectivity index (χ0) is 27.1. The maximum absolute atomic E-state index is 6.10. The Morgan fingerprint density at radius 3 is 2.26 bits per heavy atom. The van der Waals surface area contributed by atoms with Gasteiger partial charge in [0.15, 0.2) is 5.11 Å². The van der Waals surface area contributed by atoms with E-state index in [0.717, 1.165) is 48.4 Å². The van der Waals surface area contributed by atoms with E-state index in [1.807, 2.05) is 12.1 Å². The van der Waals surface area contributed by atoms with Crippen LogP contribution in [-0.4, -0.2) is 34.7 Å². The van der Waals surface area contributed by atoms with Gasteiger partial charge in [0.25, 0.3) is 0 Å². The van der Waals surface area contributed by atoms with Crippen molar-refractivity contribution in [2.45, 2.75) is 40.3 Å². The predicted octanol–water partition coefficient (Wildman–Crippen LogP) is 7.84. The molecule has 0 radical (unpaired) electrons. The Kier molecular flexibility index (Phi) is 9.48. The van der Waals surface area contributed by atoms with Crippen LogP contribution >= 0.6 is 23.8 Å². The number of aryl methyl sites for hydroxylation is 3. The third kappa shape index (κ3) is 7.40. The summed E-state index contributed by atoms with van der Waals surface area (Å²) >= 11 is 12.1. The van der Waals surface area contributed by atoms with E-state index < -0.39 is 0 Å². The Balaban J connectivity index is 1.50. The molecule has 0 spiro atoms. The van der Waals surface area contributed by atoms with Gasteiger partial charge in [-0.2, -0.15) is 0 Å². The molecular formula is C32H37ClN4S. The molecule has 4 aromatic rings. The van der Waals surface area contributed by atoms with Gasteiger partial charge in [0, 0.05) is 55.0 Å². The largest absolute Gasteiger partial charge is 0.375 e. The molecule has 38 heavy (non-hydrogen) atoms. The second kappa shape index (κ2) is 13.0. The average Bonchev–Trinajstić information content (AvgIpc) is 3.33. The van der Waals surface area contributed by atoms with Crippen LogP contribution in [0.1, 0.15) is 34.4 Å². The SMILES string of the molecule is Cc1cc(C)c(NC(=S)N(CCCN(C)c2ccccc2)Cc2cccn2Cc2ccc(Cl)cc2)c(C)c1. The Bertz CT molecular complexity index is 1320. The molecule has 0 saturated heterocycles. The van der Waals surface area contributed by atoms with Crippen LogP contribution in [0.3, 0.4) is 0 Å². The molecule has 3 aromatic carbocycles. The molecule has 0 aliphatic carbocycles. The number of benzene rings is 3. The number of rotatable bonds is 10. The fraction of sp³-hybridized carbons (Fsp3) is 0.281. The van der Waals surface area contributed by atoms with E-state index in [1.54, 1.807) is 0 Å². The molecule has 1 heterocycles. The second-order valence-electron chi connectivity index (χ2n) is 9.99. The summed E-state index contributed by atoms with van der Waals surface area (Å²) in [6, 6.07) is 27.3. The first-order valence-corrected chi connectivity index (χ1v) is 13.9. The molecule has 1 N–H and O–H groups in total. The van der Waals surface area contributed by atoms with Crippen LogP contribution < -0.4 is 10.2 Å². The molecule has 0 aliphatic rings. The normalized spacial score (nSPS) is 10.9. The number of nitrogens with zero attached hydrogens (tertiary/aromatic N) is 3. The highest BCUT2D eigenvalue weighted by Crippen LogP contribution is 2.23. The number of aromatic nitrogens is 1. The van der Waals surface area contributed by atoms with Crippen LogP contribution in [-0.2, 0) is 13.1 Å². The molecule has 1 aromatic heterocycles. The van der Waals surface area contributed by atoms with E-state index in [1.165, 1.54) is 33.6 Å². The average molecular weight is 545 g/mol. The summed E-state index contributed by atoms with van der Waals surface area (Å²) in [6.07, 6.45) is 3.12. The van der Waals surface area contributed by atoms with E-state index in [9.17, 15) is 0 Å². The van der Waals surface area contributed by atoms with E-state index in [0.29, 0.717) is 0 Å². The highest BCUT2D eigenvalue weighted by Gasteiger charge is 2.16. The van der Waals surface area contributed by atoms with Crippen molar-refractivity contribution >= 4 is 40.3 Å². The summed E-state index contributed by atoms with van der Waals surface area (Å²) < 4.78 is 2.29. The van der Waals surface area contributed by atoms with E-state index >= 15 is 0 Å². The first-order chi connectivity index (χ1) is 18.3. The van der Waals surface area contributed by atoms with Crippen molar-refractivity contribution in [3.8, 4) is 0 Å². The van der Waals surface area contributed by atoms with Crippen molar-refractivity contribution in [3.05, 3.63) is 118 Å². The second-order valence-corrected chi connectivity index (χ2v) is 10.8. The minimum atomic E-state index is 0.728. The number of anilines is 2. The lowest BCUT2D eigenvalue weighted by Gasteiger charge is -2.29. The lowest BCUT2D eigenvalue weighted by molar-refractivity contribution is 0.399. The highest BCUT2D eigenvalue weighted by molar-refractivity contribution is 7.80. The molecule has 0 saturated carbocycles. The summed E-state index contributed by atoms with van der Waals surface area (Å²) in [6.45, 7) is 9.72. The first kappa shape index (κ1) is 27.7. The Morgan fingerprint density at radius 1 is 0.895 bits per heavy atom. The Hall–Kier alpha value is -3.28. The van der Waals surface area contributed by atoms with Gasteiger partial charge in [-0.05, 0) is 92.5 Å². The number of nitrogens with one attached hydrogen (secondary N) is 1. The fourth-order valence-electron chi connectivity index (χ4n) is 4.86. The molecule has 0 atom stereocenters. The molecule has 0 unspecified atom stereocenters. The number of thiocarbonyl (C=S) groups is 1. The first-order valence-electron chi connectivity index (χ1n) is 13.1. The summed E-state index contributed by atoms with van der Waals surface area (Å²) in [4.78, 5) is 4.59. The standard InChI is InChI=1S/C32H37ClN4S/c1-24-20-25(2)31(26(3)21-24)34-32(38)37(19-9-17-35(4)29-10-6-5-7-11-29)23-30-12-8-18-36(30)22-27-13-15-28(33)16-14-27/h5-8,10-16,18,20-21H,9,17,19,22-23H2,1-4H3,(H,34,38). The third-order valence-corrected chi connectivity index (χ3v) is 7.47. The Morgan fingerprint density at radius 2 is 1.58 bits per heavy atom. The quantitative estimate of drug-likeness (QED) is 0.205. The van der Waals surface area contributed by atoms with Gasteiger partial charge in [0.1, 0.15) is 0 Å². The maximum Gasteiger partial charge on any atom is 0.173 e. The molecule has 0 aliphatic heterocycles. The molecule has 4 rings (SSSR count). The van der Waals surface area contributed by atoms with Crippen LogP contribution in [0, 0.1) is 20.8 Å². The van der Waals surface area contributed by atoms with E-state index in [-0.39, 0.29) is 0 Å². The van der Waals surface area contributed by atoms with Crippen molar-refractivity contribution in [3.63, 3.8) is 0 Å². The molecule has 4 nitrogen and oxygen atoms in total. The zero-order valence-corrected chi connectivity index (χ0v) is 24.3. The van der Waals surface area contributed by atoms with Gasteiger partial charge in [-0.25, -0.2) is 0 Å². The molecule has 0 fully saturated rings. The van der Waals surface area contributed by atoms with Crippen LogP contribution in [0.2, 0.25) is 5.02 Å². The number of hydrogen-bond donors (Lipinski definition) is 1. The maximum atomic E-state index is 6.10. The van der Waals surface area contributed by atoms with Crippen LogP contribution in [0.5, 0.6) is 0 Å². The van der Waals surface area contributed by atoms with Gasteiger partial charge < -0.3 is 19.7 Å². The van der Waals surface area contributed by atoms with E-state index in [2.05, 4.69) is 120 Å². The van der Waals surface area contributed by atoms with Gasteiger partial charge in [0.05, 0.1) is 6.54 Å². The molecule has 0 bridgehead atoms. The van der Waals surface area contributed by atoms with Gasteiger partial charge >= 0.3 is 0 Å². The van der Waals surface area contributed by atoms with Gasteiger partial charge in [-0.1, -0.05) is 59.6 Å². The molecular weight excluding hydrogens is 508 g/mol. The van der Waals surface area contributed by atoms with Crippen LogP contribution in [0.15, 0.2) is 85.1 Å². The number of para-hydroxylation sites is 1. The van der Waals surface area contributed by atoms with Gasteiger partial charge in [-0.3, -0.25) is 0 Å². The van der Waals surface area contributed by atoms with Crippen molar-refractivity contribution in [2.75, 3.05) is 30.4 Å². The van der Waals surface area contributed by atoms with Crippen molar-refractivity contribution < 1.29 is 0 Å². The zero-order valence-electron chi connectivity index (χ0n) is 22.7. The van der Waals surface area contributed by atoms with Crippen LogP contribution in [0.25, 0.3) is 0 Å². The number of hydrogen-bond acceptors (Lipinski definition) is 2. The summed E-state index contributed by atoms with van der Waals surface area (Å²) in [5.41, 5.74) is 8.44. The van der Waals surface area contributed by atoms with Crippen molar-refractivity contribution in [1.29, 1.82) is 0 Å². The van der Waals surface area contributed by atoms with E-state index in [4.69, 9.17) is 23.8 Å². The third-order valence-electron chi connectivity index (χ3n) is 6.86. The lowest BCUT2D eigenvalue weighted by atomic mass is 10.1.